The van der Waals surface area contributed by atoms with E-state index in [9.17, 15) is 0 Å². The first kappa shape index (κ1) is 11.0. The van der Waals surface area contributed by atoms with E-state index in [0.29, 0.717) is 0 Å². The molecule has 76 valence electrons. The van der Waals surface area contributed by atoms with Gasteiger partial charge >= 0.3 is 0 Å². The number of benzene rings is 1. The molecule has 0 saturated heterocycles. The first-order valence-corrected chi connectivity index (χ1v) is 4.55. The number of hydrogen-bond acceptors (Lipinski definition) is 3. The Hall–Kier alpha value is -1.03. The third kappa shape index (κ3) is 3.03. The second-order valence-electron chi connectivity index (χ2n) is 3.00. The van der Waals surface area contributed by atoms with Gasteiger partial charge in [0, 0.05) is 18.8 Å². The highest BCUT2D eigenvalue weighted by Crippen LogP contribution is 2.05. The molecule has 1 aliphatic rings. The molecule has 1 aromatic carbocycles. The molecule has 4 heteroatoms. The van der Waals surface area contributed by atoms with Crippen molar-refractivity contribution in [3.8, 4) is 0 Å². The summed E-state index contributed by atoms with van der Waals surface area (Å²) in [4.78, 5) is 4.32. The van der Waals surface area contributed by atoms with Gasteiger partial charge in [-0.3, -0.25) is 4.99 Å². The highest BCUT2D eigenvalue weighted by atomic mass is 79.9. The Morgan fingerprint density at radius 1 is 1.21 bits per heavy atom. The molecule has 0 spiro atoms. The lowest BCUT2D eigenvalue weighted by Gasteiger charge is -2.15. The molecule has 0 saturated carbocycles. The fourth-order valence-electron chi connectivity index (χ4n) is 1.27. The standard InChI is InChI=1S/C10H13N3.BrH/c1-2-5-9(6-3-1)13-10-11-7-4-8-12-10;/h1-3,5-6H,4,7-8H2,(H2,11,12,13);1H. The average Bonchev–Trinajstić information content (AvgIpc) is 2.21. The van der Waals surface area contributed by atoms with E-state index in [1.54, 1.807) is 0 Å². The number of hydrogen-bond donors (Lipinski definition) is 2. The summed E-state index contributed by atoms with van der Waals surface area (Å²) < 4.78 is 0. The average molecular weight is 256 g/mol. The fraction of sp³-hybridized carbons (Fsp3) is 0.300. The predicted molar refractivity (Wildman–Crippen MR) is 65.3 cm³/mol. The van der Waals surface area contributed by atoms with Crippen molar-refractivity contribution >= 4 is 28.6 Å². The van der Waals surface area contributed by atoms with Crippen molar-refractivity contribution in [3.63, 3.8) is 0 Å². The predicted octanol–water partition coefficient (Wildman–Crippen LogP) is 2.03. The zero-order valence-electron chi connectivity index (χ0n) is 7.86. The molecule has 0 unspecified atom stereocenters. The minimum Gasteiger partial charge on any atom is -0.356 e. The molecule has 0 fully saturated rings. The lowest BCUT2D eigenvalue weighted by atomic mass is 10.3. The van der Waals surface area contributed by atoms with Crippen molar-refractivity contribution in [1.29, 1.82) is 0 Å². The smallest absolute Gasteiger partial charge is 0.195 e. The normalized spacial score (nSPS) is 14.7. The number of aliphatic imine (C=N–C) groups is 1. The van der Waals surface area contributed by atoms with Crippen LogP contribution in [0.5, 0.6) is 0 Å². The van der Waals surface area contributed by atoms with Crippen LogP contribution in [-0.4, -0.2) is 19.0 Å². The number of nitrogens with zero attached hydrogens (tertiary/aromatic N) is 1. The molecule has 0 aromatic heterocycles. The third-order valence-electron chi connectivity index (χ3n) is 1.93. The van der Waals surface area contributed by atoms with Crippen LogP contribution >= 0.6 is 17.0 Å². The van der Waals surface area contributed by atoms with E-state index >= 15 is 0 Å². The Labute approximate surface area is 94.4 Å². The van der Waals surface area contributed by atoms with Crippen molar-refractivity contribution in [1.82, 2.24) is 5.32 Å². The minimum atomic E-state index is 0. The van der Waals surface area contributed by atoms with Crippen LogP contribution in [0.25, 0.3) is 0 Å². The number of guanidine groups is 1. The molecule has 2 rings (SSSR count). The molecular formula is C10H14BrN3. The van der Waals surface area contributed by atoms with Crippen LogP contribution in [0.15, 0.2) is 35.3 Å². The number of halogens is 1. The minimum absolute atomic E-state index is 0. The second kappa shape index (κ2) is 5.65. The summed E-state index contributed by atoms with van der Waals surface area (Å²) in [6.45, 7) is 1.93. The monoisotopic (exact) mass is 255 g/mol. The molecule has 1 aromatic rings. The molecule has 2 N–H and O–H groups in total. The SMILES string of the molecule is Br.c1ccc(NC2=NCCCN2)cc1. The number of rotatable bonds is 1. The summed E-state index contributed by atoms with van der Waals surface area (Å²) in [6.07, 6.45) is 1.12. The first-order chi connectivity index (χ1) is 6.45. The molecule has 0 aliphatic carbocycles. The van der Waals surface area contributed by atoms with E-state index in [1.165, 1.54) is 0 Å². The molecule has 14 heavy (non-hydrogen) atoms. The van der Waals surface area contributed by atoms with Crippen LogP contribution < -0.4 is 10.6 Å². The van der Waals surface area contributed by atoms with Gasteiger partial charge in [-0.05, 0) is 18.6 Å². The van der Waals surface area contributed by atoms with Crippen LogP contribution in [-0.2, 0) is 0 Å². The Bertz CT molecular complexity index is 297. The van der Waals surface area contributed by atoms with Gasteiger partial charge in [0.05, 0.1) is 0 Å². The molecule has 0 amide bonds. The summed E-state index contributed by atoms with van der Waals surface area (Å²) in [7, 11) is 0. The van der Waals surface area contributed by atoms with Gasteiger partial charge < -0.3 is 10.6 Å². The largest absolute Gasteiger partial charge is 0.356 e. The molecule has 0 atom stereocenters. The third-order valence-corrected chi connectivity index (χ3v) is 1.93. The van der Waals surface area contributed by atoms with Gasteiger partial charge in [-0.1, -0.05) is 18.2 Å². The fourth-order valence-corrected chi connectivity index (χ4v) is 1.27. The summed E-state index contributed by atoms with van der Waals surface area (Å²) in [5.74, 6) is 0.887. The Morgan fingerprint density at radius 2 is 2.00 bits per heavy atom. The van der Waals surface area contributed by atoms with Gasteiger partial charge in [0.2, 0.25) is 0 Å². The van der Waals surface area contributed by atoms with Crippen LogP contribution in [0, 0.1) is 0 Å². The van der Waals surface area contributed by atoms with E-state index in [0.717, 1.165) is 31.2 Å². The lowest BCUT2D eigenvalue weighted by Crippen LogP contribution is -2.35. The maximum absolute atomic E-state index is 4.32. The van der Waals surface area contributed by atoms with Gasteiger partial charge in [0.1, 0.15) is 0 Å². The Balaban J connectivity index is 0.000000980. The quantitative estimate of drug-likeness (QED) is 0.806. The van der Waals surface area contributed by atoms with Crippen molar-refractivity contribution in [2.45, 2.75) is 6.42 Å². The summed E-state index contributed by atoms with van der Waals surface area (Å²) >= 11 is 0. The zero-order valence-corrected chi connectivity index (χ0v) is 9.58. The van der Waals surface area contributed by atoms with Crippen LogP contribution in [0.4, 0.5) is 5.69 Å². The summed E-state index contributed by atoms with van der Waals surface area (Å²) in [5.41, 5.74) is 1.08. The molecule has 1 aliphatic heterocycles. The number of nitrogens with one attached hydrogen (secondary N) is 2. The van der Waals surface area contributed by atoms with Gasteiger partial charge in [0.15, 0.2) is 5.96 Å². The Kier molecular flexibility index (Phi) is 4.46. The molecular weight excluding hydrogens is 242 g/mol. The maximum atomic E-state index is 4.32. The molecule has 0 radical (unpaired) electrons. The summed E-state index contributed by atoms with van der Waals surface area (Å²) in [5, 5.41) is 6.43. The molecule has 3 nitrogen and oxygen atoms in total. The van der Waals surface area contributed by atoms with E-state index in [4.69, 9.17) is 0 Å². The van der Waals surface area contributed by atoms with Gasteiger partial charge in [-0.2, -0.15) is 0 Å². The summed E-state index contributed by atoms with van der Waals surface area (Å²) in [6, 6.07) is 10.1. The number of para-hydroxylation sites is 1. The molecule has 0 bridgehead atoms. The van der Waals surface area contributed by atoms with Crippen LogP contribution in [0.2, 0.25) is 0 Å². The van der Waals surface area contributed by atoms with Crippen molar-refractivity contribution in [2.24, 2.45) is 4.99 Å². The van der Waals surface area contributed by atoms with E-state index in [2.05, 4.69) is 15.6 Å². The van der Waals surface area contributed by atoms with Gasteiger partial charge in [-0.25, -0.2) is 0 Å². The lowest BCUT2D eigenvalue weighted by molar-refractivity contribution is 0.740. The van der Waals surface area contributed by atoms with Crippen LogP contribution in [0.1, 0.15) is 6.42 Å². The van der Waals surface area contributed by atoms with Crippen molar-refractivity contribution < 1.29 is 0 Å². The van der Waals surface area contributed by atoms with Crippen molar-refractivity contribution in [2.75, 3.05) is 18.4 Å². The van der Waals surface area contributed by atoms with Gasteiger partial charge in [-0.15, -0.1) is 17.0 Å². The van der Waals surface area contributed by atoms with E-state index in [-0.39, 0.29) is 17.0 Å². The maximum Gasteiger partial charge on any atom is 0.195 e. The highest BCUT2D eigenvalue weighted by molar-refractivity contribution is 8.93. The number of anilines is 1. The Morgan fingerprint density at radius 3 is 2.64 bits per heavy atom. The topological polar surface area (TPSA) is 36.4 Å². The van der Waals surface area contributed by atoms with Crippen LogP contribution in [0.3, 0.4) is 0 Å². The van der Waals surface area contributed by atoms with Crippen molar-refractivity contribution in [3.05, 3.63) is 30.3 Å². The van der Waals surface area contributed by atoms with E-state index in [1.807, 2.05) is 30.3 Å². The molecule has 1 heterocycles. The zero-order chi connectivity index (χ0) is 8.93. The van der Waals surface area contributed by atoms with Gasteiger partial charge in [0.25, 0.3) is 0 Å². The first-order valence-electron chi connectivity index (χ1n) is 4.55. The second-order valence-corrected chi connectivity index (χ2v) is 3.00. The highest BCUT2D eigenvalue weighted by Gasteiger charge is 2.02. The van der Waals surface area contributed by atoms with E-state index < -0.39 is 0 Å².